The van der Waals surface area contributed by atoms with E-state index in [0.29, 0.717) is 12.4 Å². The van der Waals surface area contributed by atoms with E-state index >= 15 is 0 Å². The van der Waals surface area contributed by atoms with E-state index in [2.05, 4.69) is 26.3 Å². The number of halogens is 1. The van der Waals surface area contributed by atoms with Gasteiger partial charge in [0.25, 0.3) is 0 Å². The van der Waals surface area contributed by atoms with Crippen molar-refractivity contribution in [2.45, 2.75) is 6.54 Å². The topological polar surface area (TPSA) is 46.9 Å². The minimum Gasteiger partial charge on any atom is -0.307 e. The molecule has 24 heavy (non-hydrogen) atoms. The van der Waals surface area contributed by atoms with Gasteiger partial charge in [0.15, 0.2) is 0 Å². The number of hydrogen-bond donors (Lipinski definition) is 1. The van der Waals surface area contributed by atoms with E-state index < -0.39 is 0 Å². The summed E-state index contributed by atoms with van der Waals surface area (Å²) in [6, 6.07) is 19.5. The monoisotopic (exact) mass is 381 g/mol. The summed E-state index contributed by atoms with van der Waals surface area (Å²) in [4.78, 5) is 12.1. The highest BCUT2D eigenvalue weighted by atomic mass is 79.9. The Morgan fingerprint density at radius 2 is 1.96 bits per heavy atom. The van der Waals surface area contributed by atoms with Gasteiger partial charge in [0.2, 0.25) is 5.91 Å². The average molecular weight is 382 g/mol. The van der Waals surface area contributed by atoms with Gasteiger partial charge < -0.3 is 5.32 Å². The summed E-state index contributed by atoms with van der Waals surface area (Å²) in [6.07, 6.45) is 4.97. The van der Waals surface area contributed by atoms with Gasteiger partial charge in [-0.1, -0.05) is 58.4 Å². The lowest BCUT2D eigenvalue weighted by Gasteiger charge is -2.07. The molecule has 1 N–H and O–H groups in total. The molecule has 2 aromatic carbocycles. The summed E-state index contributed by atoms with van der Waals surface area (Å²) in [6.45, 7) is 0.610. The number of aromatic nitrogens is 2. The molecule has 0 fully saturated rings. The van der Waals surface area contributed by atoms with Crippen molar-refractivity contribution in [2.24, 2.45) is 0 Å². The number of amides is 1. The molecule has 0 atom stereocenters. The van der Waals surface area contributed by atoms with Crippen molar-refractivity contribution in [3.8, 4) is 0 Å². The molecule has 0 aliphatic heterocycles. The molecule has 1 aromatic heterocycles. The van der Waals surface area contributed by atoms with Crippen LogP contribution in [0, 0.1) is 0 Å². The highest BCUT2D eigenvalue weighted by Crippen LogP contribution is 2.13. The zero-order valence-electron chi connectivity index (χ0n) is 12.9. The molecule has 1 heterocycles. The van der Waals surface area contributed by atoms with E-state index in [4.69, 9.17) is 0 Å². The molecule has 0 aliphatic carbocycles. The van der Waals surface area contributed by atoms with Crippen molar-refractivity contribution in [1.29, 1.82) is 0 Å². The van der Waals surface area contributed by atoms with Gasteiger partial charge in [0, 0.05) is 16.6 Å². The maximum Gasteiger partial charge on any atom is 0.249 e. The van der Waals surface area contributed by atoms with E-state index in [1.807, 2.05) is 54.6 Å². The van der Waals surface area contributed by atoms with E-state index in [9.17, 15) is 4.79 Å². The second-order valence-electron chi connectivity index (χ2n) is 5.24. The molecule has 0 aliphatic rings. The first-order chi connectivity index (χ1) is 11.7. The summed E-state index contributed by atoms with van der Waals surface area (Å²) in [5, 5.41) is 7.12. The van der Waals surface area contributed by atoms with Crippen LogP contribution in [0.4, 0.5) is 5.82 Å². The number of hydrogen-bond acceptors (Lipinski definition) is 2. The SMILES string of the molecule is O=C(/C=C\c1cccc(Br)c1)Nc1ccnn1Cc1ccccc1. The molecule has 0 bridgehead atoms. The van der Waals surface area contributed by atoms with Crippen LogP contribution >= 0.6 is 15.9 Å². The third kappa shape index (κ3) is 4.43. The van der Waals surface area contributed by atoms with Gasteiger partial charge in [-0.25, -0.2) is 4.68 Å². The van der Waals surface area contributed by atoms with Crippen LogP contribution in [0.3, 0.4) is 0 Å². The van der Waals surface area contributed by atoms with Crippen molar-refractivity contribution in [3.63, 3.8) is 0 Å². The van der Waals surface area contributed by atoms with Crippen LogP contribution < -0.4 is 5.32 Å². The van der Waals surface area contributed by atoms with Crippen LogP contribution in [0.15, 0.2) is 77.4 Å². The minimum atomic E-state index is -0.190. The van der Waals surface area contributed by atoms with Gasteiger partial charge in [0.05, 0.1) is 12.7 Å². The maximum atomic E-state index is 12.1. The number of carbonyl (C=O) groups is 1. The quantitative estimate of drug-likeness (QED) is 0.667. The fraction of sp³-hybridized carbons (Fsp3) is 0.0526. The molecule has 0 radical (unpaired) electrons. The van der Waals surface area contributed by atoms with Gasteiger partial charge in [-0.2, -0.15) is 5.10 Å². The third-order valence-electron chi connectivity index (χ3n) is 3.42. The molecule has 1 amide bonds. The Kier molecular flexibility index (Phi) is 5.23. The van der Waals surface area contributed by atoms with E-state index in [1.165, 1.54) is 6.08 Å². The van der Waals surface area contributed by atoms with Crippen molar-refractivity contribution >= 4 is 33.7 Å². The highest BCUT2D eigenvalue weighted by Gasteiger charge is 2.05. The molecule has 3 rings (SSSR count). The van der Waals surface area contributed by atoms with Crippen LogP contribution in [-0.4, -0.2) is 15.7 Å². The summed E-state index contributed by atoms with van der Waals surface area (Å²) >= 11 is 3.41. The van der Waals surface area contributed by atoms with Crippen molar-refractivity contribution in [1.82, 2.24) is 9.78 Å². The molecule has 0 saturated carbocycles. The van der Waals surface area contributed by atoms with E-state index in [1.54, 1.807) is 23.0 Å². The lowest BCUT2D eigenvalue weighted by Crippen LogP contribution is -2.13. The maximum absolute atomic E-state index is 12.1. The number of nitrogens with zero attached hydrogens (tertiary/aromatic N) is 2. The molecule has 0 spiro atoms. The summed E-state index contributed by atoms with van der Waals surface area (Å²) in [7, 11) is 0. The second-order valence-corrected chi connectivity index (χ2v) is 6.15. The van der Waals surface area contributed by atoms with Crippen LogP contribution in [-0.2, 0) is 11.3 Å². The largest absolute Gasteiger partial charge is 0.307 e. The van der Waals surface area contributed by atoms with Crippen LogP contribution in [0.5, 0.6) is 0 Å². The first-order valence-corrected chi connectivity index (χ1v) is 8.30. The molecule has 3 aromatic rings. The number of carbonyl (C=O) groups excluding carboxylic acids is 1. The predicted octanol–water partition coefficient (Wildman–Crippen LogP) is 4.35. The Morgan fingerprint density at radius 1 is 1.12 bits per heavy atom. The van der Waals surface area contributed by atoms with Gasteiger partial charge in [-0.05, 0) is 29.3 Å². The Hall–Kier alpha value is -2.66. The summed E-state index contributed by atoms with van der Waals surface area (Å²) in [5.74, 6) is 0.479. The fourth-order valence-electron chi connectivity index (χ4n) is 2.27. The van der Waals surface area contributed by atoms with E-state index in [-0.39, 0.29) is 5.91 Å². The molecule has 0 saturated heterocycles. The zero-order valence-corrected chi connectivity index (χ0v) is 14.5. The molecule has 4 nitrogen and oxygen atoms in total. The van der Waals surface area contributed by atoms with Crippen molar-refractivity contribution in [3.05, 3.63) is 88.5 Å². The van der Waals surface area contributed by atoms with Crippen molar-refractivity contribution in [2.75, 3.05) is 5.32 Å². The fourth-order valence-corrected chi connectivity index (χ4v) is 2.69. The van der Waals surface area contributed by atoms with Gasteiger partial charge in [-0.15, -0.1) is 0 Å². The van der Waals surface area contributed by atoms with E-state index in [0.717, 1.165) is 15.6 Å². The zero-order chi connectivity index (χ0) is 16.8. The smallest absolute Gasteiger partial charge is 0.249 e. The molecular weight excluding hydrogens is 366 g/mol. The number of anilines is 1. The molecule has 0 unspecified atom stereocenters. The van der Waals surface area contributed by atoms with Gasteiger partial charge >= 0.3 is 0 Å². The average Bonchev–Trinajstić information content (AvgIpc) is 3.01. The van der Waals surface area contributed by atoms with Crippen LogP contribution in [0.1, 0.15) is 11.1 Å². The lowest BCUT2D eigenvalue weighted by atomic mass is 10.2. The Bertz CT molecular complexity index is 856. The number of rotatable bonds is 5. The molecule has 5 heteroatoms. The Morgan fingerprint density at radius 3 is 2.75 bits per heavy atom. The predicted molar refractivity (Wildman–Crippen MR) is 99.6 cm³/mol. The lowest BCUT2D eigenvalue weighted by molar-refractivity contribution is -0.111. The Labute approximate surface area is 149 Å². The first-order valence-electron chi connectivity index (χ1n) is 7.51. The third-order valence-corrected chi connectivity index (χ3v) is 3.91. The number of benzene rings is 2. The normalized spacial score (nSPS) is 10.9. The van der Waals surface area contributed by atoms with Crippen LogP contribution in [0.25, 0.3) is 6.08 Å². The van der Waals surface area contributed by atoms with Crippen molar-refractivity contribution < 1.29 is 4.79 Å². The highest BCUT2D eigenvalue weighted by molar-refractivity contribution is 9.10. The van der Waals surface area contributed by atoms with Gasteiger partial charge in [0.1, 0.15) is 5.82 Å². The minimum absolute atomic E-state index is 0.190. The second kappa shape index (κ2) is 7.75. The Balaban J connectivity index is 1.66. The van der Waals surface area contributed by atoms with Crippen LogP contribution in [0.2, 0.25) is 0 Å². The summed E-state index contributed by atoms with van der Waals surface area (Å²) < 4.78 is 2.74. The molecule has 120 valence electrons. The standard InChI is InChI=1S/C19H16BrN3O/c20-17-8-4-7-15(13-17)9-10-19(24)22-18-11-12-21-23(18)14-16-5-2-1-3-6-16/h1-13H,14H2,(H,22,24)/b10-9-. The first kappa shape index (κ1) is 16.2. The number of nitrogens with one attached hydrogen (secondary N) is 1. The molecular formula is C19H16BrN3O. The van der Waals surface area contributed by atoms with Gasteiger partial charge in [-0.3, -0.25) is 4.79 Å². The summed E-state index contributed by atoms with van der Waals surface area (Å²) in [5.41, 5.74) is 2.08.